The highest BCUT2D eigenvalue weighted by atomic mass is 16.7. The molecule has 2 aliphatic heterocycles. The van der Waals surface area contributed by atoms with Gasteiger partial charge >= 0.3 is 0 Å². The Kier molecular flexibility index (Phi) is 7.82. The third-order valence-corrected chi connectivity index (χ3v) is 15.9. The summed E-state index contributed by atoms with van der Waals surface area (Å²) in [5.41, 5.74) is -2.22. The number of fused-ring (bicyclic) bond motifs is 2. The van der Waals surface area contributed by atoms with Crippen LogP contribution in [-0.4, -0.2) is 109 Å². The molecule has 16 atom stereocenters. The smallest absolute Gasteiger partial charge is 0.186 e. The van der Waals surface area contributed by atoms with E-state index in [4.69, 9.17) is 14.2 Å². The van der Waals surface area contributed by atoms with Gasteiger partial charge in [0.05, 0.1) is 36.1 Å². The second kappa shape index (κ2) is 10.6. The summed E-state index contributed by atoms with van der Waals surface area (Å²) in [6.07, 6.45) is 1.45. The Balaban J connectivity index is 1.14. The summed E-state index contributed by atoms with van der Waals surface area (Å²) >= 11 is 0. The van der Waals surface area contributed by atoms with Gasteiger partial charge in [-0.25, -0.2) is 0 Å². The van der Waals surface area contributed by atoms with Crippen LogP contribution in [0.2, 0.25) is 0 Å². The molecule has 5 saturated carbocycles. The summed E-state index contributed by atoms with van der Waals surface area (Å²) < 4.78 is 18.9. The van der Waals surface area contributed by atoms with E-state index < -0.39 is 60.0 Å². The van der Waals surface area contributed by atoms with E-state index in [1.807, 2.05) is 0 Å². The molecule has 264 valence electrons. The van der Waals surface area contributed by atoms with Gasteiger partial charge in [0.2, 0.25) is 0 Å². The highest BCUT2D eigenvalue weighted by Crippen LogP contribution is 2.89. The first-order valence-corrected chi connectivity index (χ1v) is 18.0. The molecule has 2 saturated heterocycles. The summed E-state index contributed by atoms with van der Waals surface area (Å²) in [7, 11) is 0. The zero-order chi connectivity index (χ0) is 33.5. The highest BCUT2D eigenvalue weighted by molar-refractivity contribution is 5.32. The minimum atomic E-state index is -1.46. The average molecular weight is 653 g/mol. The van der Waals surface area contributed by atoms with E-state index in [1.165, 1.54) is 0 Å². The molecule has 2 heterocycles. The molecule has 0 amide bonds. The third kappa shape index (κ3) is 4.24. The van der Waals surface area contributed by atoms with Crippen molar-refractivity contribution in [3.05, 3.63) is 0 Å². The molecular formula is C36H60O10. The lowest BCUT2D eigenvalue weighted by Gasteiger charge is -2.64. The molecule has 0 aromatic rings. The minimum absolute atomic E-state index is 0.0286. The topological polar surface area (TPSA) is 169 Å². The van der Waals surface area contributed by atoms with Crippen molar-refractivity contribution >= 4 is 0 Å². The SMILES string of the molecule is CC(C)(O)[C@H]1CC[C@@](C)([C@H]2[C@@H](O)C[C@@]3(C)[C@@H]4CC[C@H]5C(C)(C)[C@@H](O[C@@H]6O[C@H](CO)[C@H](O)[C@H](O)[C@H]6O)CC[C@@]56C[C@@]46CC[C@]23CO)O1. The van der Waals surface area contributed by atoms with Crippen LogP contribution in [0.5, 0.6) is 0 Å². The molecule has 0 radical (unpaired) electrons. The Hall–Kier alpha value is -0.400. The molecule has 7 aliphatic rings. The fourth-order valence-electron chi connectivity index (χ4n) is 13.7. The van der Waals surface area contributed by atoms with Crippen molar-refractivity contribution in [2.75, 3.05) is 13.2 Å². The van der Waals surface area contributed by atoms with E-state index in [-0.39, 0.29) is 46.4 Å². The maximum Gasteiger partial charge on any atom is 0.186 e. The van der Waals surface area contributed by atoms with Crippen LogP contribution in [0, 0.1) is 44.8 Å². The van der Waals surface area contributed by atoms with Gasteiger partial charge < -0.3 is 50.0 Å². The van der Waals surface area contributed by atoms with Crippen LogP contribution in [-0.2, 0) is 14.2 Å². The Morgan fingerprint density at radius 2 is 1.48 bits per heavy atom. The Morgan fingerprint density at radius 3 is 2.11 bits per heavy atom. The molecule has 5 aliphatic carbocycles. The van der Waals surface area contributed by atoms with Crippen molar-refractivity contribution < 1.29 is 50.0 Å². The summed E-state index contributed by atoms with van der Waals surface area (Å²) in [6, 6.07) is 0. The predicted molar refractivity (Wildman–Crippen MR) is 167 cm³/mol. The van der Waals surface area contributed by atoms with Crippen molar-refractivity contribution in [2.24, 2.45) is 44.8 Å². The molecule has 0 aromatic heterocycles. The number of aliphatic hydroxyl groups excluding tert-OH is 6. The van der Waals surface area contributed by atoms with Crippen molar-refractivity contribution in [3.8, 4) is 0 Å². The molecule has 7 fully saturated rings. The lowest BCUT2D eigenvalue weighted by Crippen LogP contribution is -2.62. The molecule has 7 N–H and O–H groups in total. The Bertz CT molecular complexity index is 1190. The summed E-state index contributed by atoms with van der Waals surface area (Å²) in [5, 5.41) is 75.1. The van der Waals surface area contributed by atoms with Gasteiger partial charge in [0, 0.05) is 17.9 Å². The van der Waals surface area contributed by atoms with Crippen LogP contribution in [0.3, 0.4) is 0 Å². The van der Waals surface area contributed by atoms with Crippen LogP contribution in [0.25, 0.3) is 0 Å². The summed E-state index contributed by atoms with van der Waals surface area (Å²) in [6.45, 7) is 12.1. The van der Waals surface area contributed by atoms with Crippen molar-refractivity contribution in [3.63, 3.8) is 0 Å². The number of hydrogen-bond donors (Lipinski definition) is 7. The van der Waals surface area contributed by atoms with Gasteiger partial charge in [0.25, 0.3) is 0 Å². The Labute approximate surface area is 273 Å². The molecule has 2 spiro atoms. The second-order valence-electron chi connectivity index (χ2n) is 18.4. The van der Waals surface area contributed by atoms with Gasteiger partial charge in [0.15, 0.2) is 6.29 Å². The summed E-state index contributed by atoms with van der Waals surface area (Å²) in [4.78, 5) is 0. The largest absolute Gasteiger partial charge is 0.396 e. The average Bonchev–Trinajstić information content (AvgIpc) is 3.34. The molecule has 0 unspecified atom stereocenters. The molecule has 10 heteroatoms. The number of aliphatic hydroxyl groups is 7. The van der Waals surface area contributed by atoms with Crippen LogP contribution in [0.15, 0.2) is 0 Å². The normalized spacial score (nSPS) is 57.7. The van der Waals surface area contributed by atoms with E-state index in [0.717, 1.165) is 57.8 Å². The molecular weight excluding hydrogens is 592 g/mol. The molecule has 46 heavy (non-hydrogen) atoms. The van der Waals surface area contributed by atoms with Gasteiger partial charge in [-0.3, -0.25) is 0 Å². The van der Waals surface area contributed by atoms with Gasteiger partial charge in [-0.2, -0.15) is 0 Å². The second-order valence-corrected chi connectivity index (χ2v) is 18.4. The van der Waals surface area contributed by atoms with Crippen LogP contribution in [0.1, 0.15) is 106 Å². The monoisotopic (exact) mass is 652 g/mol. The predicted octanol–water partition coefficient (Wildman–Crippen LogP) is 2.26. The lowest BCUT2D eigenvalue weighted by atomic mass is 9.41. The van der Waals surface area contributed by atoms with Crippen LogP contribution >= 0.6 is 0 Å². The van der Waals surface area contributed by atoms with E-state index in [1.54, 1.807) is 13.8 Å². The van der Waals surface area contributed by atoms with Gasteiger partial charge in [-0.15, -0.1) is 0 Å². The fraction of sp³-hybridized carbons (Fsp3) is 1.00. The van der Waals surface area contributed by atoms with Gasteiger partial charge in [-0.1, -0.05) is 20.8 Å². The fourth-order valence-corrected chi connectivity index (χ4v) is 13.7. The zero-order valence-corrected chi connectivity index (χ0v) is 28.7. The minimum Gasteiger partial charge on any atom is -0.396 e. The van der Waals surface area contributed by atoms with E-state index in [0.29, 0.717) is 18.3 Å². The van der Waals surface area contributed by atoms with E-state index >= 15 is 0 Å². The van der Waals surface area contributed by atoms with Gasteiger partial charge in [-0.05, 0) is 118 Å². The first-order chi connectivity index (χ1) is 21.4. The number of rotatable bonds is 6. The highest BCUT2D eigenvalue weighted by Gasteiger charge is 2.84. The van der Waals surface area contributed by atoms with Gasteiger partial charge in [0.1, 0.15) is 24.4 Å². The van der Waals surface area contributed by atoms with Crippen molar-refractivity contribution in [2.45, 2.75) is 166 Å². The maximum atomic E-state index is 11.9. The number of ether oxygens (including phenoxy) is 3. The van der Waals surface area contributed by atoms with E-state index in [2.05, 4.69) is 27.7 Å². The molecule has 0 aromatic carbocycles. The van der Waals surface area contributed by atoms with Crippen molar-refractivity contribution in [1.82, 2.24) is 0 Å². The van der Waals surface area contributed by atoms with E-state index in [9.17, 15) is 35.7 Å². The van der Waals surface area contributed by atoms with Crippen molar-refractivity contribution in [1.29, 1.82) is 0 Å². The van der Waals surface area contributed by atoms with Crippen LogP contribution in [0.4, 0.5) is 0 Å². The molecule has 7 rings (SSSR count). The summed E-state index contributed by atoms with van der Waals surface area (Å²) in [5.74, 6) is 0.562. The maximum absolute atomic E-state index is 11.9. The molecule has 10 nitrogen and oxygen atoms in total. The quantitative estimate of drug-likeness (QED) is 0.211. The lowest BCUT2D eigenvalue weighted by molar-refractivity contribution is -0.326. The third-order valence-electron chi connectivity index (χ3n) is 15.9. The first kappa shape index (κ1) is 34.1. The van der Waals surface area contributed by atoms with Crippen LogP contribution < -0.4 is 0 Å². The standard InChI is InChI=1S/C36H60O10/c1-30(2)21-7-8-22-32(5)15-19(39)28(33(6)11-9-24(46-33)31(3,4)43)36(32,18-38)14-13-35(22)17-34(21,35)12-10-23(30)45-29-27(42)26(41)25(40)20(16-37)44-29/h19-29,37-43H,7-18H2,1-6H3/t19-,20+,21-,22-,23-,24+,25-,26-,27+,28+,29-,32-,33-,34+,35-,36-/m0/s1. The first-order valence-electron chi connectivity index (χ1n) is 18.0. The molecule has 0 bridgehead atoms. The zero-order valence-electron chi connectivity index (χ0n) is 28.7. The number of hydrogen-bond acceptors (Lipinski definition) is 10. The Morgan fingerprint density at radius 1 is 0.804 bits per heavy atom.